The molecule has 2 heterocycles. The van der Waals surface area contributed by atoms with E-state index in [0.29, 0.717) is 24.0 Å². The molecule has 3 aliphatic rings. The van der Waals surface area contributed by atoms with Crippen LogP contribution in [0.2, 0.25) is 0 Å². The molecule has 5 nitrogen and oxygen atoms in total. The molecule has 1 aliphatic heterocycles. The molecule has 2 aliphatic carbocycles. The quantitative estimate of drug-likeness (QED) is 0.781. The molecule has 1 amide bonds. The van der Waals surface area contributed by atoms with Gasteiger partial charge in [-0.25, -0.2) is 0 Å². The second-order valence-electron chi connectivity index (χ2n) is 9.45. The molecule has 154 valence electrons. The van der Waals surface area contributed by atoms with E-state index >= 15 is 0 Å². The number of carbonyl (C=O) groups excluding carboxylic acids is 1. The van der Waals surface area contributed by atoms with Gasteiger partial charge >= 0.3 is 0 Å². The number of likely N-dealkylation sites (tertiary alicyclic amines) is 1. The molecule has 5 rings (SSSR count). The number of likely N-dealkylation sites (N-methyl/N-ethyl adjacent to an activating group) is 1. The molecule has 0 radical (unpaired) electrons. The molecular weight excluding hydrogens is 362 g/mol. The third-order valence-electron chi connectivity index (χ3n) is 7.19. The molecule has 0 bridgehead atoms. The zero-order valence-corrected chi connectivity index (χ0v) is 17.5. The molecule has 1 saturated heterocycles. The van der Waals surface area contributed by atoms with Gasteiger partial charge in [0.15, 0.2) is 0 Å². The van der Waals surface area contributed by atoms with E-state index in [2.05, 4.69) is 28.9 Å². The van der Waals surface area contributed by atoms with Crippen LogP contribution in [0.5, 0.6) is 0 Å². The summed E-state index contributed by atoms with van der Waals surface area (Å²) in [5, 5.41) is 2.02. The third-order valence-corrected chi connectivity index (χ3v) is 7.19. The van der Waals surface area contributed by atoms with Crippen molar-refractivity contribution in [2.24, 2.45) is 17.8 Å². The highest BCUT2D eigenvalue weighted by Gasteiger charge is 2.45. The van der Waals surface area contributed by atoms with Crippen LogP contribution < -0.4 is 0 Å². The van der Waals surface area contributed by atoms with Crippen molar-refractivity contribution in [2.45, 2.75) is 37.8 Å². The number of ether oxygens (including phenoxy) is 1. The van der Waals surface area contributed by atoms with Gasteiger partial charge in [0.2, 0.25) is 0 Å². The fourth-order valence-corrected chi connectivity index (χ4v) is 5.29. The van der Waals surface area contributed by atoms with Crippen LogP contribution in [-0.2, 0) is 4.74 Å². The molecule has 1 aromatic carbocycles. The first-order chi connectivity index (χ1) is 14.1. The van der Waals surface area contributed by atoms with Gasteiger partial charge in [0.05, 0.1) is 6.10 Å². The zero-order valence-electron chi connectivity index (χ0n) is 17.5. The lowest BCUT2D eigenvalue weighted by Gasteiger charge is -2.41. The second kappa shape index (κ2) is 7.69. The fourth-order valence-electron chi connectivity index (χ4n) is 5.29. The predicted molar refractivity (Wildman–Crippen MR) is 114 cm³/mol. The maximum atomic E-state index is 13.4. The zero-order chi connectivity index (χ0) is 20.0. The summed E-state index contributed by atoms with van der Waals surface area (Å²) in [5.41, 5.74) is 0.778. The van der Waals surface area contributed by atoms with Gasteiger partial charge in [-0.2, -0.15) is 0 Å². The maximum Gasteiger partial charge on any atom is 0.254 e. The van der Waals surface area contributed by atoms with Crippen LogP contribution in [0.4, 0.5) is 0 Å². The van der Waals surface area contributed by atoms with Crippen molar-refractivity contribution in [1.29, 1.82) is 0 Å². The predicted octanol–water partition coefficient (Wildman–Crippen LogP) is 3.44. The molecule has 2 aromatic rings. The summed E-state index contributed by atoms with van der Waals surface area (Å²) in [6.45, 7) is 2.63. The van der Waals surface area contributed by atoms with Crippen molar-refractivity contribution in [1.82, 2.24) is 14.8 Å². The van der Waals surface area contributed by atoms with Crippen molar-refractivity contribution < 1.29 is 9.53 Å². The Balaban J connectivity index is 1.32. The number of rotatable bonds is 5. The first-order valence-corrected chi connectivity index (χ1v) is 11.0. The van der Waals surface area contributed by atoms with E-state index in [9.17, 15) is 4.79 Å². The number of pyridine rings is 1. The number of amides is 1. The Labute approximate surface area is 173 Å². The van der Waals surface area contributed by atoms with Gasteiger partial charge in [0.1, 0.15) is 0 Å². The third kappa shape index (κ3) is 3.78. The number of fused-ring (bicyclic) bond motifs is 2. The van der Waals surface area contributed by atoms with Crippen molar-refractivity contribution in [3.8, 4) is 0 Å². The lowest BCUT2D eigenvalue weighted by molar-refractivity contribution is -0.0493. The highest BCUT2D eigenvalue weighted by atomic mass is 16.5. The summed E-state index contributed by atoms with van der Waals surface area (Å²) in [6, 6.07) is 8.38. The van der Waals surface area contributed by atoms with E-state index in [1.807, 2.05) is 30.5 Å². The molecule has 0 unspecified atom stereocenters. The minimum absolute atomic E-state index is 0.148. The number of benzene rings is 1. The minimum atomic E-state index is 0.148. The number of hydrogen-bond acceptors (Lipinski definition) is 4. The highest BCUT2D eigenvalue weighted by molar-refractivity contribution is 6.06. The van der Waals surface area contributed by atoms with Gasteiger partial charge in [-0.05, 0) is 75.1 Å². The van der Waals surface area contributed by atoms with E-state index in [1.165, 1.54) is 12.8 Å². The molecule has 0 N–H and O–H groups in total. The molecule has 5 heteroatoms. The van der Waals surface area contributed by atoms with Crippen LogP contribution in [0.3, 0.4) is 0 Å². The molecular formula is C24H31N3O2. The van der Waals surface area contributed by atoms with Crippen LogP contribution in [-0.4, -0.2) is 66.6 Å². The van der Waals surface area contributed by atoms with E-state index in [4.69, 9.17) is 4.74 Å². The lowest BCUT2D eigenvalue weighted by atomic mass is 9.77. The van der Waals surface area contributed by atoms with E-state index in [1.54, 1.807) is 6.20 Å². The van der Waals surface area contributed by atoms with Crippen molar-refractivity contribution >= 4 is 16.7 Å². The smallest absolute Gasteiger partial charge is 0.254 e. The second-order valence-corrected chi connectivity index (χ2v) is 9.45. The molecule has 1 aromatic heterocycles. The summed E-state index contributed by atoms with van der Waals surface area (Å²) in [6.07, 6.45) is 8.74. The van der Waals surface area contributed by atoms with Crippen LogP contribution in [0.1, 0.15) is 36.0 Å². The summed E-state index contributed by atoms with van der Waals surface area (Å²) in [7, 11) is 4.33. The number of hydrogen-bond donors (Lipinski definition) is 0. The summed E-state index contributed by atoms with van der Waals surface area (Å²) in [4.78, 5) is 22.0. The summed E-state index contributed by atoms with van der Waals surface area (Å²) >= 11 is 0. The van der Waals surface area contributed by atoms with Crippen molar-refractivity contribution in [3.63, 3.8) is 0 Å². The minimum Gasteiger partial charge on any atom is -0.376 e. The number of aromatic nitrogens is 1. The van der Waals surface area contributed by atoms with Crippen LogP contribution in [0.25, 0.3) is 10.8 Å². The summed E-state index contributed by atoms with van der Waals surface area (Å²) < 4.78 is 6.37. The Bertz CT molecular complexity index is 889. The summed E-state index contributed by atoms with van der Waals surface area (Å²) in [5.74, 6) is 2.06. The van der Waals surface area contributed by atoms with E-state index < -0.39 is 0 Å². The average molecular weight is 394 g/mol. The first kappa shape index (κ1) is 19.0. The number of carbonyl (C=O) groups is 1. The van der Waals surface area contributed by atoms with E-state index in [0.717, 1.165) is 54.8 Å². The average Bonchev–Trinajstić information content (AvgIpc) is 3.47. The lowest BCUT2D eigenvalue weighted by Crippen LogP contribution is -2.48. The van der Waals surface area contributed by atoms with Gasteiger partial charge < -0.3 is 14.5 Å². The largest absolute Gasteiger partial charge is 0.376 e. The molecule has 0 spiro atoms. The molecule has 3 fully saturated rings. The van der Waals surface area contributed by atoms with Gasteiger partial charge in [-0.1, -0.05) is 12.1 Å². The van der Waals surface area contributed by atoms with Gasteiger partial charge in [0, 0.05) is 49.1 Å². The monoisotopic (exact) mass is 393 g/mol. The van der Waals surface area contributed by atoms with Crippen molar-refractivity contribution in [2.75, 3.05) is 33.8 Å². The highest BCUT2D eigenvalue weighted by Crippen LogP contribution is 2.40. The maximum absolute atomic E-state index is 13.4. The Kier molecular flexibility index (Phi) is 5.04. The standard InChI is InChI=1S/C24H31N3O2/c1-26(2)22-10-18-13-27(14-19(18)11-23(22)29-15-16-6-7-16)24(28)20-5-3-4-17-8-9-25-12-21(17)20/h3-5,8-9,12,16,18-19,22-23H,6-7,10-11,13-15H2,1-2H3/t18-,19+,22-,23-/m1/s1. The molecule has 29 heavy (non-hydrogen) atoms. The van der Waals surface area contributed by atoms with Crippen molar-refractivity contribution in [3.05, 3.63) is 42.2 Å². The number of nitrogens with zero attached hydrogens (tertiary/aromatic N) is 3. The van der Waals surface area contributed by atoms with Crippen LogP contribution >= 0.6 is 0 Å². The molecule has 4 atom stereocenters. The Morgan fingerprint density at radius 1 is 1.17 bits per heavy atom. The first-order valence-electron chi connectivity index (χ1n) is 11.0. The fraction of sp³-hybridized carbons (Fsp3) is 0.583. The Morgan fingerprint density at radius 2 is 1.97 bits per heavy atom. The van der Waals surface area contributed by atoms with E-state index in [-0.39, 0.29) is 5.91 Å². The topological polar surface area (TPSA) is 45.7 Å². The molecule has 2 saturated carbocycles. The van der Waals surface area contributed by atoms with Crippen LogP contribution in [0.15, 0.2) is 36.7 Å². The normalized spacial score (nSPS) is 29.4. The van der Waals surface area contributed by atoms with Gasteiger partial charge in [0.25, 0.3) is 5.91 Å². The van der Waals surface area contributed by atoms with Gasteiger partial charge in [-0.15, -0.1) is 0 Å². The SMILES string of the molecule is CN(C)[C@@H]1C[C@@H]2CN(C(=O)c3cccc4ccncc34)C[C@@H]2C[C@H]1OCC1CC1. The van der Waals surface area contributed by atoms with Gasteiger partial charge in [-0.3, -0.25) is 9.78 Å². The Hall–Kier alpha value is -1.98. The Morgan fingerprint density at radius 3 is 2.72 bits per heavy atom. The van der Waals surface area contributed by atoms with Crippen LogP contribution in [0, 0.1) is 17.8 Å².